The van der Waals surface area contributed by atoms with Gasteiger partial charge in [-0.25, -0.2) is 24.7 Å². The summed E-state index contributed by atoms with van der Waals surface area (Å²) in [5.74, 6) is -1.91. The second kappa shape index (κ2) is 5.47. The Balaban J connectivity index is 1.90. The van der Waals surface area contributed by atoms with Crippen LogP contribution < -0.4 is 11.1 Å². The third kappa shape index (κ3) is 3.14. The SMILES string of the molecule is O=c1[nH]c(-c2nccnc2Nc2cnc(C(F)(F)F)nc2)no1. The van der Waals surface area contributed by atoms with Crippen molar-refractivity contribution in [3.63, 3.8) is 0 Å². The summed E-state index contributed by atoms with van der Waals surface area (Å²) in [4.78, 5) is 27.7. The average Bonchev–Trinajstić information content (AvgIpc) is 2.94. The number of aromatic nitrogens is 6. The number of nitrogens with one attached hydrogen (secondary N) is 2. The van der Waals surface area contributed by atoms with Crippen molar-refractivity contribution in [3.8, 4) is 11.5 Å². The number of nitrogens with zero attached hydrogens (tertiary/aromatic N) is 5. The van der Waals surface area contributed by atoms with Crippen LogP contribution in [0.2, 0.25) is 0 Å². The third-order valence-electron chi connectivity index (χ3n) is 2.53. The lowest BCUT2D eigenvalue weighted by molar-refractivity contribution is -0.144. The summed E-state index contributed by atoms with van der Waals surface area (Å²) >= 11 is 0. The Kier molecular flexibility index (Phi) is 3.48. The molecular formula is C11H6F3N7O2. The summed E-state index contributed by atoms with van der Waals surface area (Å²) in [5.41, 5.74) is 0.281. The molecule has 0 aliphatic heterocycles. The molecule has 0 saturated carbocycles. The molecule has 2 N–H and O–H groups in total. The fourth-order valence-electron chi connectivity index (χ4n) is 1.61. The molecule has 3 heterocycles. The van der Waals surface area contributed by atoms with Gasteiger partial charge in [-0.1, -0.05) is 5.16 Å². The van der Waals surface area contributed by atoms with E-state index in [1.807, 2.05) is 0 Å². The lowest BCUT2D eigenvalue weighted by Gasteiger charge is -2.08. The van der Waals surface area contributed by atoms with E-state index in [2.05, 4.69) is 39.9 Å². The molecule has 3 aromatic heterocycles. The summed E-state index contributed by atoms with van der Waals surface area (Å²) in [6, 6.07) is 0. The summed E-state index contributed by atoms with van der Waals surface area (Å²) < 4.78 is 41.6. The number of alkyl halides is 3. The first-order valence-corrected chi connectivity index (χ1v) is 5.97. The normalized spacial score (nSPS) is 11.4. The minimum absolute atomic E-state index is 0.0124. The smallest absolute Gasteiger partial charge is 0.336 e. The molecule has 3 rings (SSSR count). The highest BCUT2D eigenvalue weighted by molar-refractivity contribution is 5.69. The van der Waals surface area contributed by atoms with Crippen LogP contribution in [0.25, 0.3) is 11.5 Å². The number of anilines is 2. The van der Waals surface area contributed by atoms with E-state index in [1.54, 1.807) is 0 Å². The molecule has 0 atom stereocenters. The molecule has 0 fully saturated rings. The zero-order valence-corrected chi connectivity index (χ0v) is 11.0. The van der Waals surface area contributed by atoms with Crippen molar-refractivity contribution in [2.24, 2.45) is 0 Å². The monoisotopic (exact) mass is 325 g/mol. The molecule has 12 heteroatoms. The third-order valence-corrected chi connectivity index (χ3v) is 2.53. The Bertz CT molecular complexity index is 872. The van der Waals surface area contributed by atoms with E-state index in [9.17, 15) is 18.0 Å². The fourth-order valence-corrected chi connectivity index (χ4v) is 1.61. The zero-order chi connectivity index (χ0) is 16.4. The van der Waals surface area contributed by atoms with Crippen LogP contribution in [-0.4, -0.2) is 30.1 Å². The van der Waals surface area contributed by atoms with Gasteiger partial charge in [0, 0.05) is 12.4 Å². The maximum atomic E-state index is 12.4. The highest BCUT2D eigenvalue weighted by Crippen LogP contribution is 2.27. The Labute approximate surface area is 124 Å². The second-order valence-corrected chi connectivity index (χ2v) is 4.12. The summed E-state index contributed by atoms with van der Waals surface area (Å²) in [7, 11) is 0. The van der Waals surface area contributed by atoms with Crippen molar-refractivity contribution in [1.29, 1.82) is 0 Å². The largest absolute Gasteiger partial charge is 0.451 e. The number of hydrogen-bond donors (Lipinski definition) is 2. The number of halogens is 3. The molecule has 9 nitrogen and oxygen atoms in total. The van der Waals surface area contributed by atoms with Crippen molar-refractivity contribution in [3.05, 3.63) is 41.2 Å². The average molecular weight is 325 g/mol. The van der Waals surface area contributed by atoms with Crippen molar-refractivity contribution in [2.45, 2.75) is 6.18 Å². The van der Waals surface area contributed by atoms with Crippen LogP contribution in [0.4, 0.5) is 24.7 Å². The van der Waals surface area contributed by atoms with Gasteiger partial charge >= 0.3 is 11.9 Å². The van der Waals surface area contributed by atoms with Crippen LogP contribution in [-0.2, 0) is 6.18 Å². The number of hydrogen-bond acceptors (Lipinski definition) is 8. The Morgan fingerprint density at radius 1 is 1.09 bits per heavy atom. The maximum absolute atomic E-state index is 12.4. The molecule has 0 aromatic carbocycles. The maximum Gasteiger partial charge on any atom is 0.451 e. The zero-order valence-electron chi connectivity index (χ0n) is 11.0. The molecule has 23 heavy (non-hydrogen) atoms. The molecule has 3 aromatic rings. The number of aromatic amines is 1. The van der Waals surface area contributed by atoms with Gasteiger partial charge in [0.2, 0.25) is 11.6 Å². The van der Waals surface area contributed by atoms with Crippen LogP contribution in [0.15, 0.2) is 34.1 Å². The predicted octanol–water partition coefficient (Wildman–Crippen LogP) is 1.37. The minimum atomic E-state index is -4.63. The van der Waals surface area contributed by atoms with E-state index < -0.39 is 17.8 Å². The summed E-state index contributed by atoms with van der Waals surface area (Å²) in [6.07, 6.45) is -0.0538. The first-order chi connectivity index (χ1) is 10.9. The molecule has 0 amide bonds. The standard InChI is InChI=1S/C11H6F3N7O2/c12-11(13,14)9-17-3-5(4-18-9)19-7-6(15-1-2-16-7)8-20-10(22)23-21-8/h1-4H,(H,16,19)(H,20,21,22). The first kappa shape index (κ1) is 14.6. The van der Waals surface area contributed by atoms with Crippen LogP contribution in [0.3, 0.4) is 0 Å². The first-order valence-electron chi connectivity index (χ1n) is 5.97. The molecule has 0 spiro atoms. The van der Waals surface area contributed by atoms with Gasteiger partial charge in [-0.3, -0.25) is 9.51 Å². The molecule has 0 saturated heterocycles. The van der Waals surface area contributed by atoms with E-state index in [4.69, 9.17) is 0 Å². The van der Waals surface area contributed by atoms with Gasteiger partial charge in [-0.05, 0) is 0 Å². The quantitative estimate of drug-likeness (QED) is 0.740. The molecular weight excluding hydrogens is 319 g/mol. The second-order valence-electron chi connectivity index (χ2n) is 4.12. The molecule has 0 unspecified atom stereocenters. The topological polar surface area (TPSA) is 122 Å². The van der Waals surface area contributed by atoms with E-state index in [-0.39, 0.29) is 23.0 Å². The highest BCUT2D eigenvalue weighted by atomic mass is 19.4. The van der Waals surface area contributed by atoms with Crippen LogP contribution in [0, 0.1) is 0 Å². The van der Waals surface area contributed by atoms with Crippen molar-refractivity contribution in [2.75, 3.05) is 5.32 Å². The lowest BCUT2D eigenvalue weighted by atomic mass is 10.3. The minimum Gasteiger partial charge on any atom is -0.336 e. The van der Waals surface area contributed by atoms with E-state index in [1.165, 1.54) is 12.4 Å². The van der Waals surface area contributed by atoms with Crippen molar-refractivity contribution in [1.82, 2.24) is 30.1 Å². The van der Waals surface area contributed by atoms with Crippen molar-refractivity contribution >= 4 is 11.5 Å². The van der Waals surface area contributed by atoms with Crippen molar-refractivity contribution < 1.29 is 17.7 Å². The molecule has 118 valence electrons. The van der Waals surface area contributed by atoms with Crippen LogP contribution in [0.1, 0.15) is 5.82 Å². The van der Waals surface area contributed by atoms with E-state index in [0.29, 0.717) is 0 Å². The lowest BCUT2D eigenvalue weighted by Crippen LogP contribution is -2.11. The highest BCUT2D eigenvalue weighted by Gasteiger charge is 2.34. The number of H-pyrrole nitrogens is 1. The van der Waals surface area contributed by atoms with Gasteiger partial charge in [0.05, 0.1) is 18.1 Å². The Morgan fingerprint density at radius 2 is 1.78 bits per heavy atom. The van der Waals surface area contributed by atoms with Gasteiger partial charge in [0.15, 0.2) is 11.5 Å². The number of rotatable bonds is 3. The van der Waals surface area contributed by atoms with E-state index in [0.717, 1.165) is 12.4 Å². The molecule has 0 aliphatic carbocycles. The Morgan fingerprint density at radius 3 is 2.39 bits per heavy atom. The van der Waals surface area contributed by atoms with Crippen LogP contribution >= 0.6 is 0 Å². The van der Waals surface area contributed by atoms with Gasteiger partial charge in [0.1, 0.15) is 0 Å². The van der Waals surface area contributed by atoms with Gasteiger partial charge in [-0.15, -0.1) is 0 Å². The van der Waals surface area contributed by atoms with Gasteiger partial charge in [-0.2, -0.15) is 13.2 Å². The molecule has 0 aliphatic rings. The van der Waals surface area contributed by atoms with Crippen LogP contribution in [0.5, 0.6) is 0 Å². The fraction of sp³-hybridized carbons (Fsp3) is 0.0909. The predicted molar refractivity (Wildman–Crippen MR) is 68.5 cm³/mol. The Hall–Kier alpha value is -3.31. The molecule has 0 bridgehead atoms. The summed E-state index contributed by atoms with van der Waals surface area (Å²) in [5, 5.41) is 6.16. The van der Waals surface area contributed by atoms with Gasteiger partial charge < -0.3 is 5.32 Å². The van der Waals surface area contributed by atoms with Gasteiger partial charge in [0.25, 0.3) is 0 Å². The summed E-state index contributed by atoms with van der Waals surface area (Å²) in [6.45, 7) is 0. The molecule has 0 radical (unpaired) electrons. The van der Waals surface area contributed by atoms with E-state index >= 15 is 0 Å².